The number of aliphatic imine (C=N–C) groups is 1. The van der Waals surface area contributed by atoms with Gasteiger partial charge in [-0.1, -0.05) is 36.4 Å². The average Bonchev–Trinajstić information content (AvgIpc) is 2.57. The van der Waals surface area contributed by atoms with Gasteiger partial charge in [0.2, 0.25) is 0 Å². The van der Waals surface area contributed by atoms with Crippen LogP contribution in [-0.4, -0.2) is 19.6 Å². The van der Waals surface area contributed by atoms with Crippen LogP contribution in [0.25, 0.3) is 0 Å². The van der Waals surface area contributed by atoms with Crippen molar-refractivity contribution in [3.63, 3.8) is 0 Å². The molecule has 0 aliphatic heterocycles. The largest absolute Gasteiger partial charge is 0.434 e. The molecule has 0 aromatic heterocycles. The quantitative estimate of drug-likeness (QED) is 0.387. The topological polar surface area (TPSA) is 45.7 Å². The summed E-state index contributed by atoms with van der Waals surface area (Å²) in [6.07, 6.45) is 0. The first-order valence-electron chi connectivity index (χ1n) is 7.30. The molecular weight excluding hydrogens is 446 g/mol. The molecule has 25 heavy (non-hydrogen) atoms. The molecule has 0 amide bonds. The number of ether oxygens (including phenoxy) is 1. The van der Waals surface area contributed by atoms with Gasteiger partial charge >= 0.3 is 6.61 Å². The normalized spacial score (nSPS) is 11.0. The summed E-state index contributed by atoms with van der Waals surface area (Å²) < 4.78 is 42.8. The molecule has 0 saturated heterocycles. The van der Waals surface area contributed by atoms with Crippen LogP contribution in [0, 0.1) is 5.82 Å². The Balaban J connectivity index is 0.00000312. The maximum absolute atomic E-state index is 13.6. The van der Waals surface area contributed by atoms with Gasteiger partial charge in [0.1, 0.15) is 11.6 Å². The molecule has 0 radical (unpaired) electrons. The minimum absolute atomic E-state index is 0. The molecule has 0 bridgehead atoms. The fraction of sp³-hybridized carbons (Fsp3) is 0.235. The molecule has 8 heteroatoms. The molecule has 0 unspecified atom stereocenters. The number of guanidine groups is 1. The van der Waals surface area contributed by atoms with E-state index in [-0.39, 0.29) is 48.6 Å². The highest BCUT2D eigenvalue weighted by Gasteiger charge is 2.09. The third-order valence-corrected chi connectivity index (χ3v) is 3.26. The van der Waals surface area contributed by atoms with Gasteiger partial charge in [-0.3, -0.25) is 4.99 Å². The summed E-state index contributed by atoms with van der Waals surface area (Å²) in [5.74, 6) is 0.214. The van der Waals surface area contributed by atoms with Crippen LogP contribution in [0.2, 0.25) is 0 Å². The molecule has 0 aliphatic carbocycles. The van der Waals surface area contributed by atoms with E-state index in [2.05, 4.69) is 20.4 Å². The maximum atomic E-state index is 13.6. The lowest BCUT2D eigenvalue weighted by atomic mass is 10.2. The first-order valence-corrected chi connectivity index (χ1v) is 7.30. The van der Waals surface area contributed by atoms with Crippen LogP contribution in [0.3, 0.4) is 0 Å². The van der Waals surface area contributed by atoms with E-state index >= 15 is 0 Å². The standard InChI is InChI=1S/C17H18F3N3O.HI/c1-21-17(22-10-12-6-2-4-8-14(12)18)23-11-13-7-3-5-9-15(13)24-16(19)20;/h2-9,16H,10-11H2,1H3,(H2,21,22,23);1H. The third-order valence-electron chi connectivity index (χ3n) is 3.26. The number of benzene rings is 2. The number of hydrogen-bond acceptors (Lipinski definition) is 2. The Morgan fingerprint density at radius 1 is 1.00 bits per heavy atom. The molecule has 0 atom stereocenters. The zero-order valence-electron chi connectivity index (χ0n) is 13.5. The molecule has 4 nitrogen and oxygen atoms in total. The van der Waals surface area contributed by atoms with Crippen molar-refractivity contribution in [1.29, 1.82) is 0 Å². The lowest BCUT2D eigenvalue weighted by molar-refractivity contribution is -0.0504. The monoisotopic (exact) mass is 465 g/mol. The summed E-state index contributed by atoms with van der Waals surface area (Å²) in [6, 6.07) is 12.9. The smallest absolute Gasteiger partial charge is 0.387 e. The van der Waals surface area contributed by atoms with Crippen LogP contribution in [0.1, 0.15) is 11.1 Å². The number of rotatable bonds is 6. The minimum Gasteiger partial charge on any atom is -0.434 e. The van der Waals surface area contributed by atoms with Crippen molar-refractivity contribution in [2.45, 2.75) is 19.7 Å². The van der Waals surface area contributed by atoms with Crippen LogP contribution in [0.5, 0.6) is 5.75 Å². The predicted molar refractivity (Wildman–Crippen MR) is 102 cm³/mol. The highest BCUT2D eigenvalue weighted by molar-refractivity contribution is 14.0. The second kappa shape index (κ2) is 10.8. The number of alkyl halides is 2. The van der Waals surface area contributed by atoms with Crippen LogP contribution in [0.15, 0.2) is 53.5 Å². The van der Waals surface area contributed by atoms with Gasteiger partial charge in [-0.15, -0.1) is 24.0 Å². The first-order chi connectivity index (χ1) is 11.6. The zero-order valence-corrected chi connectivity index (χ0v) is 15.8. The summed E-state index contributed by atoms with van der Waals surface area (Å²) >= 11 is 0. The molecule has 2 aromatic carbocycles. The molecule has 0 saturated carbocycles. The van der Waals surface area contributed by atoms with Crippen LogP contribution in [0.4, 0.5) is 13.2 Å². The van der Waals surface area contributed by atoms with E-state index in [1.165, 1.54) is 12.1 Å². The third kappa shape index (κ3) is 6.81. The second-order valence-electron chi connectivity index (χ2n) is 4.86. The lowest BCUT2D eigenvalue weighted by Crippen LogP contribution is -2.36. The Hall–Kier alpha value is -1.97. The van der Waals surface area contributed by atoms with Gasteiger partial charge in [0, 0.05) is 31.3 Å². The van der Waals surface area contributed by atoms with E-state index < -0.39 is 6.61 Å². The fourth-order valence-electron chi connectivity index (χ4n) is 2.08. The molecule has 0 spiro atoms. The van der Waals surface area contributed by atoms with E-state index in [9.17, 15) is 13.2 Å². The average molecular weight is 465 g/mol. The van der Waals surface area contributed by atoms with E-state index in [0.717, 1.165) is 0 Å². The molecule has 2 N–H and O–H groups in total. The SMILES string of the molecule is CN=C(NCc1ccccc1F)NCc1ccccc1OC(F)F.I. The summed E-state index contributed by atoms with van der Waals surface area (Å²) in [5, 5.41) is 5.95. The number of para-hydroxylation sites is 1. The van der Waals surface area contributed by atoms with Gasteiger partial charge in [-0.05, 0) is 12.1 Å². The van der Waals surface area contributed by atoms with E-state index in [1.807, 2.05) is 0 Å². The summed E-state index contributed by atoms with van der Waals surface area (Å²) in [7, 11) is 1.57. The molecule has 0 heterocycles. The second-order valence-corrected chi connectivity index (χ2v) is 4.86. The van der Waals surface area contributed by atoms with Crippen molar-refractivity contribution in [1.82, 2.24) is 10.6 Å². The van der Waals surface area contributed by atoms with Crippen molar-refractivity contribution >= 4 is 29.9 Å². The number of nitrogens with zero attached hydrogens (tertiary/aromatic N) is 1. The van der Waals surface area contributed by atoms with Gasteiger partial charge < -0.3 is 15.4 Å². The van der Waals surface area contributed by atoms with Crippen LogP contribution >= 0.6 is 24.0 Å². The number of nitrogens with one attached hydrogen (secondary N) is 2. The molecule has 0 aliphatic rings. The Morgan fingerprint density at radius 3 is 2.16 bits per heavy atom. The Morgan fingerprint density at radius 2 is 1.56 bits per heavy atom. The van der Waals surface area contributed by atoms with Gasteiger partial charge in [0.15, 0.2) is 5.96 Å². The van der Waals surface area contributed by atoms with Crippen LogP contribution < -0.4 is 15.4 Å². The van der Waals surface area contributed by atoms with Crippen molar-refractivity contribution < 1.29 is 17.9 Å². The van der Waals surface area contributed by atoms with Crippen LogP contribution in [-0.2, 0) is 13.1 Å². The summed E-state index contributed by atoms with van der Waals surface area (Å²) in [6.45, 7) is -2.40. The highest BCUT2D eigenvalue weighted by Crippen LogP contribution is 2.19. The Labute approximate surface area is 161 Å². The van der Waals surface area contributed by atoms with Crippen molar-refractivity contribution in [2.75, 3.05) is 7.05 Å². The van der Waals surface area contributed by atoms with E-state index in [4.69, 9.17) is 0 Å². The summed E-state index contributed by atoms with van der Waals surface area (Å²) in [5.41, 5.74) is 1.06. The number of hydrogen-bond donors (Lipinski definition) is 2. The lowest BCUT2D eigenvalue weighted by Gasteiger charge is -2.14. The van der Waals surface area contributed by atoms with Crippen molar-refractivity contribution in [3.8, 4) is 5.75 Å². The molecular formula is C17H19F3IN3O. The van der Waals surface area contributed by atoms with Gasteiger partial charge in [0.25, 0.3) is 0 Å². The van der Waals surface area contributed by atoms with Gasteiger partial charge in [-0.25, -0.2) is 4.39 Å². The predicted octanol–water partition coefficient (Wildman–Crippen LogP) is 3.91. The molecule has 136 valence electrons. The molecule has 2 aromatic rings. The first kappa shape index (κ1) is 21.1. The fourth-order valence-corrected chi connectivity index (χ4v) is 2.08. The van der Waals surface area contributed by atoms with E-state index in [1.54, 1.807) is 43.4 Å². The van der Waals surface area contributed by atoms with Gasteiger partial charge in [-0.2, -0.15) is 8.78 Å². The van der Waals surface area contributed by atoms with Crippen molar-refractivity contribution in [2.24, 2.45) is 4.99 Å². The number of halogens is 4. The van der Waals surface area contributed by atoms with E-state index in [0.29, 0.717) is 17.1 Å². The molecule has 2 rings (SSSR count). The zero-order chi connectivity index (χ0) is 17.4. The van der Waals surface area contributed by atoms with Gasteiger partial charge in [0.05, 0.1) is 0 Å². The molecule has 0 fully saturated rings. The van der Waals surface area contributed by atoms with Crippen molar-refractivity contribution in [3.05, 3.63) is 65.5 Å². The minimum atomic E-state index is -2.88. The summed E-state index contributed by atoms with van der Waals surface area (Å²) in [4.78, 5) is 4.02. The maximum Gasteiger partial charge on any atom is 0.387 e. The Kier molecular flexibility index (Phi) is 9.11. The Bertz CT molecular complexity index is 698. The highest BCUT2D eigenvalue weighted by atomic mass is 127.